The van der Waals surface area contributed by atoms with Gasteiger partial charge in [-0.25, -0.2) is 9.97 Å². The quantitative estimate of drug-likeness (QED) is 0.208. The molecule has 0 aliphatic carbocycles. The minimum absolute atomic E-state index is 0.313. The number of nitrogens with one attached hydrogen (secondary N) is 2. The first-order valence-corrected chi connectivity index (χ1v) is 17.9. The number of aromatic nitrogens is 8. The van der Waals surface area contributed by atoms with Crippen LogP contribution in [-0.2, 0) is 39.5 Å². The molecule has 5 heterocycles. The molecule has 4 aromatic heterocycles. The molecular formula is C37H42N12O4. The van der Waals surface area contributed by atoms with Crippen molar-refractivity contribution in [2.75, 3.05) is 10.6 Å². The zero-order chi connectivity index (χ0) is 37.2. The molecule has 0 spiro atoms. The fourth-order valence-electron chi connectivity index (χ4n) is 6.96. The highest BCUT2D eigenvalue weighted by molar-refractivity contribution is 6.05. The van der Waals surface area contributed by atoms with Crippen LogP contribution in [0.25, 0.3) is 22.1 Å². The van der Waals surface area contributed by atoms with Crippen LogP contribution in [0.15, 0.2) is 48.7 Å². The third-order valence-electron chi connectivity index (χ3n) is 9.64. The molecule has 274 valence electrons. The number of benzene rings is 2. The number of amides is 4. The molecule has 6 N–H and O–H groups in total. The molecule has 2 bridgehead atoms. The van der Waals surface area contributed by atoms with Crippen molar-refractivity contribution in [3.8, 4) is 0 Å². The second kappa shape index (κ2) is 14.7. The van der Waals surface area contributed by atoms with Crippen molar-refractivity contribution in [3.05, 3.63) is 82.4 Å². The molecule has 2 aromatic carbocycles. The minimum atomic E-state index is -0.563. The second-order valence-electron chi connectivity index (χ2n) is 13.3. The number of imidazole rings is 2. The Labute approximate surface area is 304 Å². The Hall–Kier alpha value is -6.32. The van der Waals surface area contributed by atoms with E-state index >= 15 is 0 Å². The Kier molecular flexibility index (Phi) is 9.76. The highest BCUT2D eigenvalue weighted by Crippen LogP contribution is 2.26. The van der Waals surface area contributed by atoms with Gasteiger partial charge in [0.25, 0.3) is 11.8 Å². The van der Waals surface area contributed by atoms with E-state index in [0.29, 0.717) is 83.5 Å². The third kappa shape index (κ3) is 7.24. The Morgan fingerprint density at radius 3 is 1.89 bits per heavy atom. The number of carbonyl (C=O) groups is 4. The molecule has 1 aliphatic rings. The van der Waals surface area contributed by atoms with Crippen LogP contribution in [0.4, 0.5) is 11.9 Å². The molecule has 0 saturated carbocycles. The van der Waals surface area contributed by atoms with Gasteiger partial charge in [0, 0.05) is 44.0 Å². The Morgan fingerprint density at radius 1 is 0.736 bits per heavy atom. The lowest BCUT2D eigenvalue weighted by atomic mass is 10.1. The summed E-state index contributed by atoms with van der Waals surface area (Å²) >= 11 is 0. The first-order chi connectivity index (χ1) is 25.6. The molecule has 0 fully saturated rings. The van der Waals surface area contributed by atoms with E-state index in [9.17, 15) is 19.2 Å². The number of hydrogen-bond donors (Lipinski definition) is 4. The first kappa shape index (κ1) is 35.1. The summed E-state index contributed by atoms with van der Waals surface area (Å²) < 4.78 is 7.23. The van der Waals surface area contributed by atoms with Crippen molar-refractivity contribution in [3.63, 3.8) is 0 Å². The maximum absolute atomic E-state index is 13.8. The Morgan fingerprint density at radius 2 is 1.30 bits per heavy atom. The van der Waals surface area contributed by atoms with Gasteiger partial charge >= 0.3 is 0 Å². The fourth-order valence-corrected chi connectivity index (χ4v) is 6.96. The van der Waals surface area contributed by atoms with Crippen LogP contribution < -0.4 is 22.1 Å². The van der Waals surface area contributed by atoms with Crippen molar-refractivity contribution >= 4 is 57.6 Å². The maximum atomic E-state index is 13.8. The molecule has 1 aliphatic heterocycles. The van der Waals surface area contributed by atoms with Crippen LogP contribution in [0, 0.1) is 0 Å². The van der Waals surface area contributed by atoms with Gasteiger partial charge in [0.05, 0.1) is 39.0 Å². The number of nitrogens with two attached hydrogens (primary N) is 2. The van der Waals surface area contributed by atoms with Crippen LogP contribution >= 0.6 is 0 Å². The molecule has 0 unspecified atom stereocenters. The van der Waals surface area contributed by atoms with E-state index in [1.54, 1.807) is 59.0 Å². The molecule has 0 radical (unpaired) electrons. The fraction of sp³-hybridized carbons (Fsp3) is 0.351. The summed E-state index contributed by atoms with van der Waals surface area (Å²) in [6.07, 6.45) is 7.76. The van der Waals surface area contributed by atoms with E-state index in [0.717, 1.165) is 55.3 Å². The summed E-state index contributed by atoms with van der Waals surface area (Å²) in [5, 5.41) is 15.3. The zero-order valence-corrected chi connectivity index (χ0v) is 29.8. The summed E-state index contributed by atoms with van der Waals surface area (Å²) in [5.74, 6) is -1.04. The second-order valence-corrected chi connectivity index (χ2v) is 13.3. The van der Waals surface area contributed by atoms with Crippen LogP contribution in [0.1, 0.15) is 98.4 Å². The van der Waals surface area contributed by atoms with Crippen molar-refractivity contribution in [2.45, 2.75) is 77.9 Å². The summed E-state index contributed by atoms with van der Waals surface area (Å²) in [6, 6.07) is 12.0. The van der Waals surface area contributed by atoms with Gasteiger partial charge in [-0.15, -0.1) is 0 Å². The topological polar surface area (TPSA) is 216 Å². The van der Waals surface area contributed by atoms with Crippen molar-refractivity contribution < 1.29 is 19.2 Å². The predicted molar refractivity (Wildman–Crippen MR) is 199 cm³/mol. The normalized spacial score (nSPS) is 15.0. The molecule has 6 aromatic rings. The lowest BCUT2D eigenvalue weighted by molar-refractivity contribution is 0.0992. The lowest BCUT2D eigenvalue weighted by Crippen LogP contribution is -2.20. The smallest absolute Gasteiger partial charge is 0.276 e. The van der Waals surface area contributed by atoms with Gasteiger partial charge < -0.3 is 20.6 Å². The predicted octanol–water partition coefficient (Wildman–Crippen LogP) is 4.18. The van der Waals surface area contributed by atoms with Crippen molar-refractivity contribution in [1.29, 1.82) is 0 Å². The SMILES string of the molecule is CCn1nc2cc1C(=O)Nc1nc3cc(C(N)=O)ccc3n1CCCCCn1c(nc3cc(C(N)=O)ccc31)NC(=O)c1cn(C)nc1CCCCC2. The lowest BCUT2D eigenvalue weighted by Gasteiger charge is -2.12. The highest BCUT2D eigenvalue weighted by Gasteiger charge is 2.22. The summed E-state index contributed by atoms with van der Waals surface area (Å²) in [5.41, 5.74) is 16.8. The average Bonchev–Trinajstić information content (AvgIpc) is 3.89. The molecule has 16 nitrogen and oxygen atoms in total. The summed E-state index contributed by atoms with van der Waals surface area (Å²) in [6.45, 7) is 3.52. The molecule has 7 rings (SSSR count). The van der Waals surface area contributed by atoms with Crippen LogP contribution in [0.3, 0.4) is 0 Å². The molecule has 16 heteroatoms. The first-order valence-electron chi connectivity index (χ1n) is 17.9. The highest BCUT2D eigenvalue weighted by atomic mass is 16.2. The molecular weight excluding hydrogens is 676 g/mol. The van der Waals surface area contributed by atoms with E-state index < -0.39 is 11.8 Å². The third-order valence-corrected chi connectivity index (χ3v) is 9.64. The van der Waals surface area contributed by atoms with Crippen LogP contribution in [0.5, 0.6) is 0 Å². The van der Waals surface area contributed by atoms with E-state index in [1.807, 2.05) is 22.1 Å². The van der Waals surface area contributed by atoms with E-state index in [-0.39, 0.29) is 11.8 Å². The van der Waals surface area contributed by atoms with Gasteiger partial charge in [-0.1, -0.05) is 6.42 Å². The monoisotopic (exact) mass is 718 g/mol. The number of primary amides is 2. The minimum Gasteiger partial charge on any atom is -0.366 e. The van der Waals surface area contributed by atoms with Gasteiger partial charge in [0.2, 0.25) is 23.7 Å². The Bertz CT molecular complexity index is 2380. The van der Waals surface area contributed by atoms with Crippen LogP contribution in [-0.4, -0.2) is 62.3 Å². The average molecular weight is 719 g/mol. The number of nitrogens with zero attached hydrogens (tertiary/aromatic N) is 8. The number of anilines is 2. The summed E-state index contributed by atoms with van der Waals surface area (Å²) in [7, 11) is 1.79. The Balaban J connectivity index is 1.22. The van der Waals surface area contributed by atoms with Gasteiger partial charge in [-0.2, -0.15) is 10.2 Å². The molecule has 53 heavy (non-hydrogen) atoms. The number of carbonyl (C=O) groups excluding carboxylic acids is 4. The molecule has 0 atom stereocenters. The largest absolute Gasteiger partial charge is 0.366 e. The maximum Gasteiger partial charge on any atom is 0.276 e. The van der Waals surface area contributed by atoms with Crippen molar-refractivity contribution in [1.82, 2.24) is 38.7 Å². The van der Waals surface area contributed by atoms with Crippen LogP contribution in [0.2, 0.25) is 0 Å². The number of aryl methyl sites for hydroxylation is 6. The number of hydrogen-bond acceptors (Lipinski definition) is 8. The van der Waals surface area contributed by atoms with Gasteiger partial charge in [0.15, 0.2) is 0 Å². The number of rotatable bonds is 3. The molecule has 0 saturated heterocycles. The summed E-state index contributed by atoms with van der Waals surface area (Å²) in [4.78, 5) is 60.8. The van der Waals surface area contributed by atoms with Gasteiger partial charge in [-0.05, 0) is 94.3 Å². The van der Waals surface area contributed by atoms with E-state index in [4.69, 9.17) is 26.5 Å². The number of fused-ring (bicyclic) bond motifs is 9. The van der Waals surface area contributed by atoms with Gasteiger partial charge in [-0.3, -0.25) is 39.2 Å². The van der Waals surface area contributed by atoms with Crippen molar-refractivity contribution in [2.24, 2.45) is 18.5 Å². The van der Waals surface area contributed by atoms with E-state index in [2.05, 4.69) is 15.7 Å². The zero-order valence-electron chi connectivity index (χ0n) is 29.8. The van der Waals surface area contributed by atoms with Gasteiger partial charge in [0.1, 0.15) is 5.69 Å². The van der Waals surface area contributed by atoms with E-state index in [1.165, 1.54) is 0 Å². The molecule has 4 amide bonds. The standard InChI is InChI=1S/C37H42N12O4/c1-3-49-31-20-24(44-49)10-6-4-7-11-26-25(21-46(2)45-26)34(52)42-36-40-27-18-22(32(38)50)12-14-29(27)47(36)16-8-5-9-17-48-30-15-13-23(33(39)51)19-28(30)41-37(48)43-35(31)53/h12-15,18-21H,3-11,16-17H2,1-2H3,(H2,38,50)(H2,39,51)(H,40,42,52)(H,41,43,53).